The first kappa shape index (κ1) is 18.7. The summed E-state index contributed by atoms with van der Waals surface area (Å²) in [5.74, 6) is -0.608. The van der Waals surface area contributed by atoms with E-state index in [-0.39, 0.29) is 48.9 Å². The van der Waals surface area contributed by atoms with Crippen LogP contribution in [0.2, 0.25) is 10.0 Å². The monoisotopic (exact) mass is 370 g/mol. The van der Waals surface area contributed by atoms with Gasteiger partial charge in [-0.2, -0.15) is 0 Å². The molecule has 0 bridgehead atoms. The average molecular weight is 371 g/mol. The van der Waals surface area contributed by atoms with Gasteiger partial charge in [0.25, 0.3) is 0 Å². The molecule has 1 N–H and O–H groups in total. The van der Waals surface area contributed by atoms with Crippen molar-refractivity contribution in [2.45, 2.75) is 38.5 Å². The van der Waals surface area contributed by atoms with E-state index in [2.05, 4.69) is 5.32 Å². The molecule has 0 unspecified atom stereocenters. The van der Waals surface area contributed by atoms with E-state index in [4.69, 9.17) is 23.2 Å². The van der Waals surface area contributed by atoms with Crippen molar-refractivity contribution in [1.29, 1.82) is 0 Å². The van der Waals surface area contributed by atoms with Crippen molar-refractivity contribution in [2.24, 2.45) is 0 Å². The van der Waals surface area contributed by atoms with Crippen molar-refractivity contribution in [3.8, 4) is 0 Å². The molecule has 1 aliphatic rings. The van der Waals surface area contributed by atoms with E-state index < -0.39 is 0 Å². The molecule has 0 aromatic heterocycles. The SMILES string of the molecule is CC(C)(CNC(=O)CCN1C(=O)CCC1=O)c1ccc(Cl)c(Cl)c1. The van der Waals surface area contributed by atoms with Gasteiger partial charge in [0.05, 0.1) is 10.0 Å². The summed E-state index contributed by atoms with van der Waals surface area (Å²) in [6.45, 7) is 4.52. The van der Waals surface area contributed by atoms with E-state index in [1.165, 1.54) is 0 Å². The minimum atomic E-state index is -0.330. The minimum absolute atomic E-state index is 0.106. The molecule has 0 atom stereocenters. The number of imide groups is 1. The summed E-state index contributed by atoms with van der Waals surface area (Å²) in [7, 11) is 0. The third-order valence-corrected chi connectivity index (χ3v) is 4.88. The Kier molecular flexibility index (Phi) is 5.88. The number of halogens is 2. The number of likely N-dealkylation sites (tertiary alicyclic amines) is 1. The Morgan fingerprint density at radius 2 is 1.79 bits per heavy atom. The Labute approximate surface area is 151 Å². The molecule has 7 heteroatoms. The van der Waals surface area contributed by atoms with Crippen LogP contribution in [0, 0.1) is 0 Å². The maximum absolute atomic E-state index is 12.0. The molecule has 1 aliphatic heterocycles. The lowest BCUT2D eigenvalue weighted by molar-refractivity contribution is -0.138. The van der Waals surface area contributed by atoms with Crippen LogP contribution in [0.5, 0.6) is 0 Å². The van der Waals surface area contributed by atoms with Crippen molar-refractivity contribution >= 4 is 40.9 Å². The van der Waals surface area contributed by atoms with Crippen LogP contribution in [0.1, 0.15) is 38.7 Å². The predicted octanol–water partition coefficient (Wildman–Crippen LogP) is 2.93. The van der Waals surface area contributed by atoms with Crippen molar-refractivity contribution in [3.05, 3.63) is 33.8 Å². The van der Waals surface area contributed by atoms with Gasteiger partial charge in [-0.15, -0.1) is 0 Å². The van der Waals surface area contributed by atoms with E-state index in [0.717, 1.165) is 10.5 Å². The van der Waals surface area contributed by atoms with Crippen LogP contribution in [0.25, 0.3) is 0 Å². The largest absolute Gasteiger partial charge is 0.355 e. The molecule has 0 aliphatic carbocycles. The Hall–Kier alpha value is -1.59. The number of amides is 3. The van der Waals surface area contributed by atoms with Crippen LogP contribution in [0.15, 0.2) is 18.2 Å². The maximum Gasteiger partial charge on any atom is 0.229 e. The minimum Gasteiger partial charge on any atom is -0.355 e. The highest BCUT2D eigenvalue weighted by Gasteiger charge is 2.29. The molecule has 0 radical (unpaired) electrons. The van der Waals surface area contributed by atoms with Gasteiger partial charge in [0.2, 0.25) is 17.7 Å². The van der Waals surface area contributed by atoms with E-state index in [1.54, 1.807) is 12.1 Å². The molecule has 3 amide bonds. The number of hydrogen-bond donors (Lipinski definition) is 1. The van der Waals surface area contributed by atoms with Gasteiger partial charge in [0.15, 0.2) is 0 Å². The summed E-state index contributed by atoms with van der Waals surface area (Å²) >= 11 is 12.0. The highest BCUT2D eigenvalue weighted by atomic mass is 35.5. The van der Waals surface area contributed by atoms with Crippen molar-refractivity contribution in [1.82, 2.24) is 10.2 Å². The number of nitrogens with one attached hydrogen (secondary N) is 1. The summed E-state index contributed by atoms with van der Waals surface area (Å²) in [6.07, 6.45) is 0.588. The molecule has 1 aromatic carbocycles. The summed E-state index contributed by atoms with van der Waals surface area (Å²) in [5.41, 5.74) is 0.630. The molecule has 130 valence electrons. The Morgan fingerprint density at radius 3 is 2.38 bits per heavy atom. The number of carbonyl (C=O) groups excluding carboxylic acids is 3. The first-order valence-corrected chi connectivity index (χ1v) is 8.52. The van der Waals surface area contributed by atoms with Gasteiger partial charge in [-0.3, -0.25) is 19.3 Å². The molecule has 0 saturated carbocycles. The summed E-state index contributed by atoms with van der Waals surface area (Å²) in [5, 5.41) is 3.80. The Morgan fingerprint density at radius 1 is 1.17 bits per heavy atom. The molecule has 24 heavy (non-hydrogen) atoms. The van der Waals surface area contributed by atoms with Gasteiger partial charge in [0, 0.05) is 37.8 Å². The third-order valence-electron chi connectivity index (χ3n) is 4.15. The van der Waals surface area contributed by atoms with E-state index >= 15 is 0 Å². The number of carbonyl (C=O) groups is 3. The molecule has 5 nitrogen and oxygen atoms in total. The van der Waals surface area contributed by atoms with Gasteiger partial charge in [-0.1, -0.05) is 43.1 Å². The van der Waals surface area contributed by atoms with Crippen LogP contribution in [0.3, 0.4) is 0 Å². The zero-order chi connectivity index (χ0) is 17.9. The molecule has 1 aromatic rings. The Bertz CT molecular complexity index is 658. The lowest BCUT2D eigenvalue weighted by Gasteiger charge is -2.26. The molecular formula is C17H20Cl2N2O3. The molecular weight excluding hydrogens is 351 g/mol. The third kappa shape index (κ3) is 4.48. The van der Waals surface area contributed by atoms with Crippen molar-refractivity contribution in [2.75, 3.05) is 13.1 Å². The fraction of sp³-hybridized carbons (Fsp3) is 0.471. The van der Waals surface area contributed by atoms with Gasteiger partial charge < -0.3 is 5.32 Å². The van der Waals surface area contributed by atoms with Crippen molar-refractivity contribution < 1.29 is 14.4 Å². The van der Waals surface area contributed by atoms with Crippen LogP contribution in [-0.4, -0.2) is 35.7 Å². The second-order valence-corrected chi connectivity index (χ2v) is 7.29. The normalized spacial score (nSPS) is 15.1. The van der Waals surface area contributed by atoms with Crippen LogP contribution < -0.4 is 5.32 Å². The number of nitrogens with zero attached hydrogens (tertiary/aromatic N) is 1. The number of rotatable bonds is 6. The summed E-state index contributed by atoms with van der Waals surface area (Å²) in [4.78, 5) is 36.2. The molecule has 1 saturated heterocycles. The Balaban J connectivity index is 1.87. The van der Waals surface area contributed by atoms with E-state index in [0.29, 0.717) is 16.6 Å². The first-order valence-electron chi connectivity index (χ1n) is 7.76. The van der Waals surface area contributed by atoms with Gasteiger partial charge >= 0.3 is 0 Å². The fourth-order valence-corrected chi connectivity index (χ4v) is 2.81. The van der Waals surface area contributed by atoms with E-state index in [9.17, 15) is 14.4 Å². The highest BCUT2D eigenvalue weighted by molar-refractivity contribution is 6.42. The van der Waals surface area contributed by atoms with Crippen LogP contribution in [0.4, 0.5) is 0 Å². The standard InChI is InChI=1S/C17H20Cl2N2O3/c1-17(2,11-3-4-12(18)13(19)9-11)10-20-14(22)7-8-21-15(23)5-6-16(21)24/h3-4,9H,5-8,10H2,1-2H3,(H,20,22). The average Bonchev–Trinajstić information content (AvgIpc) is 2.84. The zero-order valence-corrected chi connectivity index (χ0v) is 15.2. The first-order chi connectivity index (χ1) is 11.2. The van der Waals surface area contributed by atoms with E-state index in [1.807, 2.05) is 19.9 Å². The highest BCUT2D eigenvalue weighted by Crippen LogP contribution is 2.29. The maximum atomic E-state index is 12.0. The summed E-state index contributed by atoms with van der Waals surface area (Å²) < 4.78 is 0. The van der Waals surface area contributed by atoms with Gasteiger partial charge in [0.1, 0.15) is 0 Å². The van der Waals surface area contributed by atoms with Gasteiger partial charge in [-0.25, -0.2) is 0 Å². The molecule has 2 rings (SSSR count). The van der Waals surface area contributed by atoms with Crippen LogP contribution >= 0.6 is 23.2 Å². The number of hydrogen-bond acceptors (Lipinski definition) is 3. The topological polar surface area (TPSA) is 66.5 Å². The second kappa shape index (κ2) is 7.53. The molecule has 1 heterocycles. The fourth-order valence-electron chi connectivity index (χ4n) is 2.51. The quantitative estimate of drug-likeness (QED) is 0.782. The lowest BCUT2D eigenvalue weighted by atomic mass is 9.84. The lowest BCUT2D eigenvalue weighted by Crippen LogP contribution is -2.39. The summed E-state index contributed by atoms with van der Waals surface area (Å²) in [6, 6.07) is 5.40. The second-order valence-electron chi connectivity index (χ2n) is 6.48. The van der Waals surface area contributed by atoms with Crippen LogP contribution in [-0.2, 0) is 19.8 Å². The van der Waals surface area contributed by atoms with Crippen molar-refractivity contribution in [3.63, 3.8) is 0 Å². The zero-order valence-electron chi connectivity index (χ0n) is 13.7. The number of benzene rings is 1. The smallest absolute Gasteiger partial charge is 0.229 e. The molecule has 1 fully saturated rings. The predicted molar refractivity (Wildman–Crippen MR) is 93.1 cm³/mol. The van der Waals surface area contributed by atoms with Gasteiger partial charge in [-0.05, 0) is 17.7 Å². The molecule has 0 spiro atoms.